The van der Waals surface area contributed by atoms with Crippen LogP contribution < -0.4 is 0 Å². The van der Waals surface area contributed by atoms with Gasteiger partial charge < -0.3 is 4.74 Å². The molecule has 1 heterocycles. The molecule has 1 atom stereocenters. The first-order chi connectivity index (χ1) is 12.5. The molecule has 1 aromatic carbocycles. The van der Waals surface area contributed by atoms with E-state index < -0.39 is 10.7 Å². The quantitative estimate of drug-likeness (QED) is 0.657. The highest BCUT2D eigenvalue weighted by molar-refractivity contribution is 7.89. The summed E-state index contributed by atoms with van der Waals surface area (Å²) in [5.74, 6) is -0.580. The number of halogens is 1. The van der Waals surface area contributed by atoms with Crippen LogP contribution in [-0.4, -0.2) is 24.7 Å². The van der Waals surface area contributed by atoms with E-state index in [0.717, 1.165) is 28.2 Å². The zero-order valence-corrected chi connectivity index (χ0v) is 16.8. The molecule has 7 heteroatoms. The number of ether oxygens (including phenoxy) is 1. The van der Waals surface area contributed by atoms with Crippen molar-refractivity contribution in [2.24, 2.45) is 4.36 Å². The van der Waals surface area contributed by atoms with Crippen molar-refractivity contribution < 1.29 is 14.3 Å². The summed E-state index contributed by atoms with van der Waals surface area (Å²) in [5, 5.41) is 0.577. The third kappa shape index (κ3) is 3.98. The molecule has 1 aromatic heterocycles. The summed E-state index contributed by atoms with van der Waals surface area (Å²) < 4.78 is 10.5. The Hall–Kier alpha value is -1.76. The molecule has 0 aliphatic heterocycles. The number of rotatable bonds is 4. The van der Waals surface area contributed by atoms with Crippen LogP contribution in [0.2, 0.25) is 5.02 Å². The summed E-state index contributed by atoms with van der Waals surface area (Å²) >= 11 is 7.26. The van der Waals surface area contributed by atoms with Crippen LogP contribution in [0.1, 0.15) is 44.5 Å². The summed E-state index contributed by atoms with van der Waals surface area (Å²) in [7, 11) is -0.656. The van der Waals surface area contributed by atoms with E-state index in [9.17, 15) is 9.59 Å². The number of hydrogen-bond acceptors (Lipinski definition) is 4. The third-order valence-electron chi connectivity index (χ3n) is 3.90. The van der Waals surface area contributed by atoms with Gasteiger partial charge in [-0.2, -0.15) is 4.36 Å². The predicted octanol–water partition coefficient (Wildman–Crippen LogP) is 5.17. The fraction of sp³-hybridized carbons (Fsp3) is 0.263. The number of fused-ring (bicyclic) bond motifs is 1. The number of esters is 1. The van der Waals surface area contributed by atoms with Gasteiger partial charge in [-0.25, -0.2) is 4.79 Å². The largest absolute Gasteiger partial charge is 0.462 e. The van der Waals surface area contributed by atoms with E-state index in [-0.39, 0.29) is 11.9 Å². The zero-order valence-electron chi connectivity index (χ0n) is 14.5. The molecular formula is C19H18ClNO3S2. The third-order valence-corrected chi connectivity index (χ3v) is 7.34. The van der Waals surface area contributed by atoms with Gasteiger partial charge in [0, 0.05) is 16.1 Å². The number of thiophene rings is 1. The minimum atomic E-state index is -0.656. The van der Waals surface area contributed by atoms with E-state index in [0.29, 0.717) is 22.1 Å². The molecule has 0 fully saturated rings. The van der Waals surface area contributed by atoms with Crippen LogP contribution >= 0.6 is 22.9 Å². The smallest absolute Gasteiger partial charge is 0.348 e. The van der Waals surface area contributed by atoms with Gasteiger partial charge in [0.1, 0.15) is 4.88 Å². The summed E-state index contributed by atoms with van der Waals surface area (Å²) in [5.41, 5.74) is 2.53. The second kappa shape index (κ2) is 8.29. The molecule has 0 bridgehead atoms. The molecule has 1 aliphatic carbocycles. The Morgan fingerprint density at radius 2 is 2.04 bits per heavy atom. The Balaban J connectivity index is 1.98. The van der Waals surface area contributed by atoms with Crippen molar-refractivity contribution in [3.05, 3.63) is 56.9 Å². The average Bonchev–Trinajstić information content (AvgIpc) is 3.02. The van der Waals surface area contributed by atoms with Crippen LogP contribution in [0.3, 0.4) is 0 Å². The van der Waals surface area contributed by atoms with Crippen molar-refractivity contribution in [3.8, 4) is 0 Å². The molecule has 26 heavy (non-hydrogen) atoms. The first-order valence-corrected chi connectivity index (χ1v) is 11.0. The molecule has 1 aliphatic rings. The van der Waals surface area contributed by atoms with Crippen LogP contribution in [0.5, 0.6) is 0 Å². The van der Waals surface area contributed by atoms with Gasteiger partial charge in [0.25, 0.3) is 5.91 Å². The van der Waals surface area contributed by atoms with Gasteiger partial charge in [0.05, 0.1) is 10.8 Å². The van der Waals surface area contributed by atoms with Crippen molar-refractivity contribution in [1.29, 1.82) is 0 Å². The number of benzene rings is 1. The molecular weight excluding hydrogens is 390 g/mol. The van der Waals surface area contributed by atoms with Crippen molar-refractivity contribution in [2.45, 2.75) is 24.0 Å². The second-order valence-corrected chi connectivity index (χ2v) is 8.92. The Labute approximate surface area is 163 Å². The predicted molar refractivity (Wildman–Crippen MR) is 107 cm³/mol. The molecule has 1 amide bonds. The van der Waals surface area contributed by atoms with E-state index in [1.54, 1.807) is 31.2 Å². The lowest BCUT2D eigenvalue weighted by Crippen LogP contribution is -2.06. The fourth-order valence-electron chi connectivity index (χ4n) is 2.69. The molecule has 0 saturated heterocycles. The highest BCUT2D eigenvalue weighted by Gasteiger charge is 2.24. The lowest BCUT2D eigenvalue weighted by atomic mass is 10.00. The van der Waals surface area contributed by atoms with Crippen molar-refractivity contribution in [2.75, 3.05) is 12.9 Å². The molecule has 136 valence electrons. The summed E-state index contributed by atoms with van der Waals surface area (Å²) in [6, 6.07) is 6.68. The van der Waals surface area contributed by atoms with Crippen molar-refractivity contribution in [1.82, 2.24) is 0 Å². The average molecular weight is 408 g/mol. The Kier molecular flexibility index (Phi) is 6.06. The van der Waals surface area contributed by atoms with E-state index in [4.69, 9.17) is 16.3 Å². The molecule has 0 unspecified atom stereocenters. The van der Waals surface area contributed by atoms with E-state index >= 15 is 0 Å². The Morgan fingerprint density at radius 1 is 1.31 bits per heavy atom. The number of nitrogens with zero attached hydrogens (tertiary/aromatic N) is 1. The Bertz CT molecular complexity index is 914. The minimum Gasteiger partial charge on any atom is -0.462 e. The lowest BCUT2D eigenvalue weighted by Gasteiger charge is -2.08. The fourth-order valence-corrected chi connectivity index (χ4v) is 5.57. The van der Waals surface area contributed by atoms with Crippen LogP contribution in [0, 0.1) is 0 Å². The molecule has 3 rings (SSSR count). The number of carbonyl (C=O) groups is 2. The van der Waals surface area contributed by atoms with Crippen LogP contribution in [0.15, 0.2) is 38.9 Å². The van der Waals surface area contributed by atoms with E-state index in [1.165, 1.54) is 11.3 Å². The van der Waals surface area contributed by atoms with Gasteiger partial charge >= 0.3 is 5.97 Å². The molecule has 2 aromatic rings. The minimum absolute atomic E-state index is 0.285. The maximum absolute atomic E-state index is 12.4. The summed E-state index contributed by atoms with van der Waals surface area (Å²) in [6.07, 6.45) is 7.72. The number of amides is 1. The van der Waals surface area contributed by atoms with Gasteiger partial charge in [-0.05, 0) is 55.9 Å². The maximum atomic E-state index is 12.4. The Morgan fingerprint density at radius 3 is 2.73 bits per heavy atom. The molecule has 0 saturated carbocycles. The summed E-state index contributed by atoms with van der Waals surface area (Å²) in [6.45, 7) is 2.14. The lowest BCUT2D eigenvalue weighted by molar-refractivity contribution is 0.0530. The zero-order chi connectivity index (χ0) is 18.7. The second-order valence-electron chi connectivity index (χ2n) is 5.65. The number of hydrogen-bond donors (Lipinski definition) is 0. The first kappa shape index (κ1) is 19.0. The SMILES string of the molecule is CCOC(=O)c1sc([S@](C)=NC(=O)c2ccc(Cl)cc2)c2c1CCC=C2. The van der Waals surface area contributed by atoms with E-state index in [2.05, 4.69) is 10.4 Å². The van der Waals surface area contributed by atoms with Crippen LogP contribution in [0.4, 0.5) is 0 Å². The molecule has 0 spiro atoms. The van der Waals surface area contributed by atoms with Gasteiger partial charge in [0.2, 0.25) is 0 Å². The van der Waals surface area contributed by atoms with Crippen LogP contribution in [-0.2, 0) is 21.8 Å². The van der Waals surface area contributed by atoms with Gasteiger partial charge in [-0.1, -0.05) is 34.4 Å². The van der Waals surface area contributed by atoms with Gasteiger partial charge in [-0.15, -0.1) is 11.3 Å². The maximum Gasteiger partial charge on any atom is 0.348 e. The monoisotopic (exact) mass is 407 g/mol. The highest BCUT2D eigenvalue weighted by Crippen LogP contribution is 2.36. The molecule has 0 N–H and O–H groups in total. The number of allylic oxidation sites excluding steroid dienone is 1. The summed E-state index contributed by atoms with van der Waals surface area (Å²) in [4.78, 5) is 25.4. The first-order valence-electron chi connectivity index (χ1n) is 8.18. The highest BCUT2D eigenvalue weighted by atomic mass is 35.5. The van der Waals surface area contributed by atoms with Gasteiger partial charge in [-0.3, -0.25) is 4.79 Å². The number of carbonyl (C=O) groups excluding carboxylic acids is 2. The van der Waals surface area contributed by atoms with Crippen LogP contribution in [0.25, 0.3) is 6.08 Å². The standard InChI is InChI=1S/C19H18ClNO3S2/c1-3-24-18(23)16-14-6-4-5-7-15(14)19(25-16)26(2)21-17(22)12-8-10-13(20)11-9-12/h5,7-11H,3-4,6H2,1-2H3/t26-/m0/s1. The van der Waals surface area contributed by atoms with Crippen molar-refractivity contribution >= 4 is 51.6 Å². The van der Waals surface area contributed by atoms with Crippen molar-refractivity contribution in [3.63, 3.8) is 0 Å². The van der Waals surface area contributed by atoms with E-state index in [1.807, 2.05) is 12.3 Å². The molecule has 4 nitrogen and oxygen atoms in total. The topological polar surface area (TPSA) is 55.7 Å². The normalized spacial score (nSPS) is 14.1. The van der Waals surface area contributed by atoms with Gasteiger partial charge in [0.15, 0.2) is 0 Å². The molecule has 0 radical (unpaired) electrons.